The fraction of sp³-hybridized carbons (Fsp3) is 0.312. The van der Waals surface area contributed by atoms with Gasteiger partial charge in [0.2, 0.25) is 0 Å². The number of hydrogen-bond acceptors (Lipinski definition) is 6. The highest BCUT2D eigenvalue weighted by Crippen LogP contribution is 2.42. The Hall–Kier alpha value is -2.83. The summed E-state index contributed by atoms with van der Waals surface area (Å²) >= 11 is 0. The highest BCUT2D eigenvalue weighted by molar-refractivity contribution is 5.71. The van der Waals surface area contributed by atoms with Crippen LogP contribution in [-0.2, 0) is 0 Å². The highest BCUT2D eigenvalue weighted by atomic mass is 16.6. The van der Waals surface area contributed by atoms with Crippen LogP contribution in [0, 0.1) is 10.1 Å². The SMILES string of the molecule is COc1cc(N2CC(c3ccccn3)C2)c([N+](=O)[O-])cc1OC. The molecule has 0 saturated carbocycles. The van der Waals surface area contributed by atoms with E-state index in [-0.39, 0.29) is 11.6 Å². The van der Waals surface area contributed by atoms with Crippen molar-refractivity contribution in [3.8, 4) is 11.5 Å². The van der Waals surface area contributed by atoms with Gasteiger partial charge in [0.1, 0.15) is 5.69 Å². The molecule has 0 spiro atoms. The first-order valence-corrected chi connectivity index (χ1v) is 7.20. The van der Waals surface area contributed by atoms with Crippen molar-refractivity contribution in [2.45, 2.75) is 5.92 Å². The zero-order valence-electron chi connectivity index (χ0n) is 12.9. The molecule has 1 aromatic carbocycles. The summed E-state index contributed by atoms with van der Waals surface area (Å²) in [5.74, 6) is 1.11. The molecule has 2 aromatic rings. The van der Waals surface area contributed by atoms with E-state index < -0.39 is 4.92 Å². The lowest BCUT2D eigenvalue weighted by Crippen LogP contribution is -2.45. The van der Waals surface area contributed by atoms with Gasteiger partial charge >= 0.3 is 0 Å². The molecule has 0 aliphatic carbocycles. The van der Waals surface area contributed by atoms with Gasteiger partial charge in [-0.15, -0.1) is 0 Å². The normalized spacial score (nSPS) is 14.3. The van der Waals surface area contributed by atoms with Crippen LogP contribution in [0.25, 0.3) is 0 Å². The van der Waals surface area contributed by atoms with Crippen LogP contribution >= 0.6 is 0 Å². The van der Waals surface area contributed by atoms with Crippen molar-refractivity contribution in [3.05, 3.63) is 52.3 Å². The molecule has 23 heavy (non-hydrogen) atoms. The second-order valence-electron chi connectivity index (χ2n) is 5.31. The Bertz CT molecular complexity index is 715. The lowest BCUT2D eigenvalue weighted by molar-refractivity contribution is -0.384. The summed E-state index contributed by atoms with van der Waals surface area (Å²) < 4.78 is 10.4. The number of nitrogens with zero attached hydrogens (tertiary/aromatic N) is 3. The number of hydrogen-bond donors (Lipinski definition) is 0. The number of nitro groups is 1. The molecule has 0 amide bonds. The van der Waals surface area contributed by atoms with Crippen molar-refractivity contribution >= 4 is 11.4 Å². The smallest absolute Gasteiger partial charge is 0.296 e. The molecule has 1 aromatic heterocycles. The molecular weight excluding hydrogens is 298 g/mol. The molecule has 0 bridgehead atoms. The van der Waals surface area contributed by atoms with Gasteiger partial charge in [0.25, 0.3) is 5.69 Å². The largest absolute Gasteiger partial charge is 0.493 e. The number of rotatable bonds is 5. The quantitative estimate of drug-likeness (QED) is 0.623. The highest BCUT2D eigenvalue weighted by Gasteiger charge is 2.34. The van der Waals surface area contributed by atoms with Gasteiger partial charge in [-0.2, -0.15) is 0 Å². The van der Waals surface area contributed by atoms with E-state index in [9.17, 15) is 10.1 Å². The summed E-state index contributed by atoms with van der Waals surface area (Å²) in [4.78, 5) is 17.3. The third-order valence-electron chi connectivity index (χ3n) is 4.01. The van der Waals surface area contributed by atoms with E-state index in [0.717, 1.165) is 5.69 Å². The van der Waals surface area contributed by atoms with E-state index in [2.05, 4.69) is 4.98 Å². The molecule has 0 N–H and O–H groups in total. The van der Waals surface area contributed by atoms with Gasteiger partial charge in [-0.1, -0.05) is 6.07 Å². The minimum atomic E-state index is -0.397. The fourth-order valence-corrected chi connectivity index (χ4v) is 2.74. The molecule has 1 fully saturated rings. The zero-order valence-corrected chi connectivity index (χ0v) is 12.9. The van der Waals surface area contributed by atoms with Gasteiger partial charge in [-0.05, 0) is 12.1 Å². The maximum absolute atomic E-state index is 11.4. The van der Waals surface area contributed by atoms with Crippen LogP contribution in [0.3, 0.4) is 0 Å². The minimum absolute atomic E-state index is 0.0159. The summed E-state index contributed by atoms with van der Waals surface area (Å²) in [5, 5.41) is 11.4. The standard InChI is InChI=1S/C16H17N3O4/c1-22-15-7-13(14(19(20)21)8-16(15)23-2)18-9-11(10-18)12-5-3-4-6-17-12/h3-8,11H,9-10H2,1-2H3. The Kier molecular flexibility index (Phi) is 4.01. The number of pyridine rings is 1. The van der Waals surface area contributed by atoms with Crippen LogP contribution in [0.4, 0.5) is 11.4 Å². The van der Waals surface area contributed by atoms with Crippen LogP contribution < -0.4 is 14.4 Å². The van der Waals surface area contributed by atoms with Crippen LogP contribution in [-0.4, -0.2) is 37.2 Å². The van der Waals surface area contributed by atoms with Crippen molar-refractivity contribution in [2.75, 3.05) is 32.2 Å². The summed E-state index contributed by atoms with van der Waals surface area (Å²) in [5.41, 5.74) is 1.56. The Morgan fingerprint density at radius 1 is 1.22 bits per heavy atom. The average molecular weight is 315 g/mol. The number of aromatic nitrogens is 1. The van der Waals surface area contributed by atoms with Gasteiger partial charge in [0, 0.05) is 37.0 Å². The molecule has 0 atom stereocenters. The van der Waals surface area contributed by atoms with Crippen LogP contribution in [0.15, 0.2) is 36.5 Å². The van der Waals surface area contributed by atoms with Crippen molar-refractivity contribution in [2.24, 2.45) is 0 Å². The summed E-state index contributed by atoms with van der Waals surface area (Å²) in [6.45, 7) is 1.38. The van der Waals surface area contributed by atoms with E-state index >= 15 is 0 Å². The Morgan fingerprint density at radius 3 is 2.48 bits per heavy atom. The van der Waals surface area contributed by atoms with Crippen molar-refractivity contribution in [1.29, 1.82) is 0 Å². The predicted octanol–water partition coefficient (Wildman–Crippen LogP) is 2.61. The van der Waals surface area contributed by atoms with E-state index in [4.69, 9.17) is 9.47 Å². The predicted molar refractivity (Wildman–Crippen MR) is 85.4 cm³/mol. The molecule has 0 radical (unpaired) electrons. The van der Waals surface area contributed by atoms with Gasteiger partial charge in [-0.25, -0.2) is 0 Å². The lowest BCUT2D eigenvalue weighted by atomic mass is 9.94. The van der Waals surface area contributed by atoms with E-state index in [1.165, 1.54) is 20.3 Å². The Balaban J connectivity index is 1.87. The molecule has 120 valence electrons. The first kappa shape index (κ1) is 15.1. The second kappa shape index (κ2) is 6.12. The fourth-order valence-electron chi connectivity index (χ4n) is 2.74. The third kappa shape index (κ3) is 2.77. The van der Waals surface area contributed by atoms with Crippen molar-refractivity contribution < 1.29 is 14.4 Å². The third-order valence-corrected chi connectivity index (χ3v) is 4.01. The summed E-state index contributed by atoms with van der Waals surface area (Å²) in [7, 11) is 2.97. The van der Waals surface area contributed by atoms with Crippen molar-refractivity contribution in [3.63, 3.8) is 0 Å². The maximum Gasteiger partial charge on any atom is 0.296 e. The summed E-state index contributed by atoms with van der Waals surface area (Å²) in [6, 6.07) is 8.86. The number of nitro benzene ring substituents is 1. The second-order valence-corrected chi connectivity index (χ2v) is 5.31. The molecule has 7 heteroatoms. The number of ether oxygens (including phenoxy) is 2. The molecule has 2 heterocycles. The van der Waals surface area contributed by atoms with Crippen molar-refractivity contribution in [1.82, 2.24) is 4.98 Å². The molecular formula is C16H17N3O4. The molecule has 0 unspecified atom stereocenters. The molecule has 1 aliphatic rings. The lowest BCUT2D eigenvalue weighted by Gasteiger charge is -2.40. The van der Waals surface area contributed by atoms with E-state index in [1.54, 1.807) is 12.3 Å². The van der Waals surface area contributed by atoms with E-state index in [0.29, 0.717) is 30.3 Å². The van der Waals surface area contributed by atoms with Gasteiger partial charge in [0.05, 0.1) is 25.2 Å². The molecule has 1 aliphatic heterocycles. The van der Waals surface area contributed by atoms with Gasteiger partial charge in [0.15, 0.2) is 11.5 Å². The number of benzene rings is 1. The number of anilines is 1. The average Bonchev–Trinajstić information content (AvgIpc) is 2.53. The van der Waals surface area contributed by atoms with Crippen LogP contribution in [0.1, 0.15) is 11.6 Å². The Labute approximate surface area is 133 Å². The Morgan fingerprint density at radius 2 is 1.91 bits per heavy atom. The monoisotopic (exact) mass is 315 g/mol. The first-order chi connectivity index (χ1) is 11.1. The molecule has 3 rings (SSSR count). The van der Waals surface area contributed by atoms with Crippen LogP contribution in [0.2, 0.25) is 0 Å². The zero-order chi connectivity index (χ0) is 16.4. The topological polar surface area (TPSA) is 77.7 Å². The molecule has 1 saturated heterocycles. The minimum Gasteiger partial charge on any atom is -0.493 e. The first-order valence-electron chi connectivity index (χ1n) is 7.20. The number of methoxy groups -OCH3 is 2. The van der Waals surface area contributed by atoms with E-state index in [1.807, 2.05) is 23.1 Å². The summed E-state index contributed by atoms with van der Waals surface area (Å²) in [6.07, 6.45) is 1.76. The van der Waals surface area contributed by atoms with Gasteiger partial charge in [-0.3, -0.25) is 15.1 Å². The van der Waals surface area contributed by atoms with Gasteiger partial charge < -0.3 is 14.4 Å². The molecule has 7 nitrogen and oxygen atoms in total. The maximum atomic E-state index is 11.4. The van der Waals surface area contributed by atoms with Crippen LogP contribution in [0.5, 0.6) is 11.5 Å².